The standard InChI is InChI=1S/C15H24N4O/c1-17-9-7-12(16-17)3-6-15(20)18(2)14-8-10-19(11-14)13-4-5-13/h7,9,13-14H,3-6,8,10-11H2,1-2H3. The number of likely N-dealkylation sites (tertiary alicyclic amines) is 1. The molecule has 5 heteroatoms. The van der Waals surface area contributed by atoms with Crippen LogP contribution in [-0.2, 0) is 18.3 Å². The molecule has 1 unspecified atom stereocenters. The minimum absolute atomic E-state index is 0.248. The van der Waals surface area contributed by atoms with Gasteiger partial charge in [-0.15, -0.1) is 0 Å². The highest BCUT2D eigenvalue weighted by Gasteiger charge is 2.36. The maximum Gasteiger partial charge on any atom is 0.222 e. The van der Waals surface area contributed by atoms with Gasteiger partial charge in [-0.25, -0.2) is 0 Å². The van der Waals surface area contributed by atoms with Gasteiger partial charge in [-0.2, -0.15) is 5.10 Å². The first-order chi connectivity index (χ1) is 9.63. The van der Waals surface area contributed by atoms with Gasteiger partial charge in [-0.05, 0) is 25.3 Å². The molecular weight excluding hydrogens is 252 g/mol. The Morgan fingerprint density at radius 1 is 1.45 bits per heavy atom. The van der Waals surface area contributed by atoms with E-state index in [4.69, 9.17) is 0 Å². The molecule has 0 spiro atoms. The van der Waals surface area contributed by atoms with Gasteiger partial charge in [0.25, 0.3) is 0 Å². The summed E-state index contributed by atoms with van der Waals surface area (Å²) in [5, 5.41) is 4.32. The van der Waals surface area contributed by atoms with E-state index in [0.29, 0.717) is 12.5 Å². The molecule has 2 aliphatic rings. The van der Waals surface area contributed by atoms with Crippen LogP contribution in [0, 0.1) is 0 Å². The molecule has 5 nitrogen and oxygen atoms in total. The maximum atomic E-state index is 12.3. The number of nitrogens with zero attached hydrogens (tertiary/aromatic N) is 4. The van der Waals surface area contributed by atoms with E-state index >= 15 is 0 Å². The summed E-state index contributed by atoms with van der Waals surface area (Å²) in [6, 6.07) is 3.21. The van der Waals surface area contributed by atoms with Crippen LogP contribution in [0.1, 0.15) is 31.4 Å². The molecule has 2 fully saturated rings. The summed E-state index contributed by atoms with van der Waals surface area (Å²) in [5.74, 6) is 0.248. The number of carbonyl (C=O) groups excluding carboxylic acids is 1. The van der Waals surface area contributed by atoms with Crippen LogP contribution in [0.2, 0.25) is 0 Å². The van der Waals surface area contributed by atoms with Gasteiger partial charge < -0.3 is 4.90 Å². The summed E-state index contributed by atoms with van der Waals surface area (Å²) >= 11 is 0. The number of likely N-dealkylation sites (N-methyl/N-ethyl adjacent to an activating group) is 1. The van der Waals surface area contributed by atoms with Crippen LogP contribution >= 0.6 is 0 Å². The molecule has 1 amide bonds. The number of rotatable bonds is 5. The first-order valence-corrected chi connectivity index (χ1v) is 7.61. The zero-order valence-electron chi connectivity index (χ0n) is 12.5. The van der Waals surface area contributed by atoms with Crippen molar-refractivity contribution < 1.29 is 4.79 Å². The van der Waals surface area contributed by atoms with Crippen molar-refractivity contribution in [3.8, 4) is 0 Å². The fraction of sp³-hybridized carbons (Fsp3) is 0.733. The second-order valence-electron chi connectivity index (χ2n) is 6.15. The van der Waals surface area contributed by atoms with E-state index in [-0.39, 0.29) is 5.91 Å². The van der Waals surface area contributed by atoms with Gasteiger partial charge >= 0.3 is 0 Å². The predicted molar refractivity (Wildman–Crippen MR) is 77.3 cm³/mol. The first kappa shape index (κ1) is 13.6. The average molecular weight is 276 g/mol. The van der Waals surface area contributed by atoms with Crippen LogP contribution < -0.4 is 0 Å². The lowest BCUT2D eigenvalue weighted by Crippen LogP contribution is -2.39. The van der Waals surface area contributed by atoms with Gasteiger partial charge in [0.05, 0.1) is 5.69 Å². The number of hydrogen-bond acceptors (Lipinski definition) is 3. The molecule has 1 aliphatic heterocycles. The quantitative estimate of drug-likeness (QED) is 0.807. The van der Waals surface area contributed by atoms with E-state index in [1.807, 2.05) is 31.3 Å². The number of carbonyl (C=O) groups is 1. The second-order valence-corrected chi connectivity index (χ2v) is 6.15. The Kier molecular flexibility index (Phi) is 3.78. The Morgan fingerprint density at radius 2 is 2.25 bits per heavy atom. The fourth-order valence-corrected chi connectivity index (χ4v) is 3.07. The van der Waals surface area contributed by atoms with Crippen molar-refractivity contribution in [3.63, 3.8) is 0 Å². The van der Waals surface area contributed by atoms with E-state index in [9.17, 15) is 4.79 Å². The normalized spacial score (nSPS) is 23.2. The zero-order valence-corrected chi connectivity index (χ0v) is 12.5. The van der Waals surface area contributed by atoms with E-state index < -0.39 is 0 Å². The van der Waals surface area contributed by atoms with Crippen molar-refractivity contribution in [3.05, 3.63) is 18.0 Å². The molecule has 3 rings (SSSR count). The lowest BCUT2D eigenvalue weighted by molar-refractivity contribution is -0.131. The van der Waals surface area contributed by atoms with Gasteiger partial charge in [-0.3, -0.25) is 14.4 Å². The van der Waals surface area contributed by atoms with Crippen molar-refractivity contribution in [2.45, 2.75) is 44.2 Å². The highest BCUT2D eigenvalue weighted by Crippen LogP contribution is 2.30. The minimum atomic E-state index is 0.248. The topological polar surface area (TPSA) is 41.4 Å². The monoisotopic (exact) mass is 276 g/mol. The molecule has 2 heterocycles. The lowest BCUT2D eigenvalue weighted by Gasteiger charge is -2.25. The summed E-state index contributed by atoms with van der Waals surface area (Å²) in [6.45, 7) is 2.23. The minimum Gasteiger partial charge on any atom is -0.341 e. The predicted octanol–water partition coefficient (Wildman–Crippen LogP) is 1.05. The molecule has 1 aliphatic carbocycles. The Hall–Kier alpha value is -1.36. The Bertz CT molecular complexity index is 480. The van der Waals surface area contributed by atoms with Gasteiger partial charge in [0.1, 0.15) is 0 Å². The number of hydrogen-bond donors (Lipinski definition) is 0. The molecule has 0 aromatic carbocycles. The molecule has 1 saturated heterocycles. The maximum absolute atomic E-state index is 12.3. The second kappa shape index (κ2) is 5.56. The van der Waals surface area contributed by atoms with Crippen LogP contribution in [0.15, 0.2) is 12.3 Å². The van der Waals surface area contributed by atoms with Crippen molar-refractivity contribution in [2.24, 2.45) is 7.05 Å². The number of aryl methyl sites for hydroxylation is 2. The van der Waals surface area contributed by atoms with Crippen LogP contribution in [-0.4, -0.2) is 57.7 Å². The Morgan fingerprint density at radius 3 is 2.90 bits per heavy atom. The van der Waals surface area contributed by atoms with Gasteiger partial charge in [0, 0.05) is 58.3 Å². The van der Waals surface area contributed by atoms with Crippen molar-refractivity contribution in [2.75, 3.05) is 20.1 Å². The van der Waals surface area contributed by atoms with Crippen LogP contribution in [0.5, 0.6) is 0 Å². The van der Waals surface area contributed by atoms with E-state index in [2.05, 4.69) is 10.00 Å². The van der Waals surface area contributed by atoms with Crippen molar-refractivity contribution in [1.82, 2.24) is 19.6 Å². The van der Waals surface area contributed by atoms with Gasteiger partial charge in [0.15, 0.2) is 0 Å². The van der Waals surface area contributed by atoms with Crippen LogP contribution in [0.4, 0.5) is 0 Å². The molecule has 110 valence electrons. The van der Waals surface area contributed by atoms with Gasteiger partial charge in [-0.1, -0.05) is 0 Å². The van der Waals surface area contributed by atoms with Crippen molar-refractivity contribution in [1.29, 1.82) is 0 Å². The SMILES string of the molecule is CN(C(=O)CCc1ccn(C)n1)C1CCN(C2CC2)C1. The molecule has 20 heavy (non-hydrogen) atoms. The summed E-state index contributed by atoms with van der Waals surface area (Å²) < 4.78 is 1.79. The first-order valence-electron chi connectivity index (χ1n) is 7.61. The number of aromatic nitrogens is 2. The zero-order chi connectivity index (χ0) is 14.1. The molecule has 1 atom stereocenters. The average Bonchev–Trinajstić information content (AvgIpc) is 3.02. The number of amides is 1. The molecule has 0 N–H and O–H groups in total. The Labute approximate surface area is 120 Å². The fourth-order valence-electron chi connectivity index (χ4n) is 3.07. The summed E-state index contributed by atoms with van der Waals surface area (Å²) in [5.41, 5.74) is 1.00. The Balaban J connectivity index is 1.46. The summed E-state index contributed by atoms with van der Waals surface area (Å²) in [6.07, 6.45) is 7.06. The molecule has 1 aromatic heterocycles. The summed E-state index contributed by atoms with van der Waals surface area (Å²) in [7, 11) is 3.87. The summed E-state index contributed by atoms with van der Waals surface area (Å²) in [4.78, 5) is 16.8. The third-order valence-electron chi connectivity index (χ3n) is 4.56. The van der Waals surface area contributed by atoms with Gasteiger partial charge in [0.2, 0.25) is 5.91 Å². The molecule has 1 aromatic rings. The van der Waals surface area contributed by atoms with Crippen LogP contribution in [0.3, 0.4) is 0 Å². The lowest BCUT2D eigenvalue weighted by atomic mass is 10.2. The largest absolute Gasteiger partial charge is 0.341 e. The van der Waals surface area contributed by atoms with E-state index in [1.54, 1.807) is 4.68 Å². The molecular formula is C15H24N4O. The third-order valence-corrected chi connectivity index (χ3v) is 4.56. The molecule has 0 radical (unpaired) electrons. The highest BCUT2D eigenvalue weighted by atomic mass is 16.2. The van der Waals surface area contributed by atoms with Crippen LogP contribution in [0.25, 0.3) is 0 Å². The van der Waals surface area contributed by atoms with E-state index in [1.165, 1.54) is 12.8 Å². The van der Waals surface area contributed by atoms with Crippen molar-refractivity contribution >= 4 is 5.91 Å². The highest BCUT2D eigenvalue weighted by molar-refractivity contribution is 5.76. The smallest absolute Gasteiger partial charge is 0.222 e. The molecule has 0 bridgehead atoms. The third kappa shape index (κ3) is 3.03. The van der Waals surface area contributed by atoms with E-state index in [0.717, 1.165) is 37.7 Å². The molecule has 1 saturated carbocycles.